The SMILES string of the molecule is CCOC(=O)CCC(=O)c1nc2c(-c3ccc(C)cc3)cccc2cc1O. The first-order chi connectivity index (χ1) is 13.0. The molecule has 1 heterocycles. The van der Waals surface area contributed by atoms with Crippen molar-refractivity contribution in [3.8, 4) is 16.9 Å². The molecule has 27 heavy (non-hydrogen) atoms. The number of pyridine rings is 1. The monoisotopic (exact) mass is 363 g/mol. The number of hydrogen-bond donors (Lipinski definition) is 1. The number of carbonyl (C=O) groups is 2. The molecule has 0 radical (unpaired) electrons. The predicted molar refractivity (Wildman–Crippen MR) is 104 cm³/mol. The van der Waals surface area contributed by atoms with Crippen molar-refractivity contribution in [1.82, 2.24) is 4.98 Å². The highest BCUT2D eigenvalue weighted by Crippen LogP contribution is 2.31. The lowest BCUT2D eigenvalue weighted by molar-refractivity contribution is -0.143. The fraction of sp³-hybridized carbons (Fsp3) is 0.227. The van der Waals surface area contributed by atoms with Crippen molar-refractivity contribution >= 4 is 22.7 Å². The number of esters is 1. The molecule has 0 saturated heterocycles. The van der Waals surface area contributed by atoms with Crippen LogP contribution < -0.4 is 0 Å². The number of fused-ring (bicyclic) bond motifs is 1. The van der Waals surface area contributed by atoms with Crippen molar-refractivity contribution < 1.29 is 19.4 Å². The van der Waals surface area contributed by atoms with Gasteiger partial charge in [0.05, 0.1) is 18.5 Å². The molecule has 5 heteroatoms. The van der Waals surface area contributed by atoms with Gasteiger partial charge >= 0.3 is 5.97 Å². The standard InChI is InChI=1S/C22H21NO4/c1-3-27-20(26)12-11-18(24)22-19(25)13-16-5-4-6-17(21(16)23-22)15-9-7-14(2)8-10-15/h4-10,13,25H,3,11-12H2,1-2H3. The van der Waals surface area contributed by atoms with Crippen LogP contribution in [0, 0.1) is 6.92 Å². The van der Waals surface area contributed by atoms with E-state index in [4.69, 9.17) is 4.74 Å². The summed E-state index contributed by atoms with van der Waals surface area (Å²) in [6.07, 6.45) is -0.0942. The van der Waals surface area contributed by atoms with Crippen LogP contribution in [-0.4, -0.2) is 28.4 Å². The number of nitrogens with zero attached hydrogens (tertiary/aromatic N) is 1. The first-order valence-corrected chi connectivity index (χ1v) is 8.88. The molecule has 0 amide bonds. The van der Waals surface area contributed by atoms with Crippen LogP contribution in [0.3, 0.4) is 0 Å². The van der Waals surface area contributed by atoms with E-state index in [0.717, 1.165) is 22.1 Å². The zero-order chi connectivity index (χ0) is 19.4. The second-order valence-corrected chi connectivity index (χ2v) is 6.33. The van der Waals surface area contributed by atoms with Crippen molar-refractivity contribution in [1.29, 1.82) is 0 Å². The highest BCUT2D eigenvalue weighted by Gasteiger charge is 2.18. The molecular formula is C22H21NO4. The van der Waals surface area contributed by atoms with Crippen LogP contribution in [0.4, 0.5) is 0 Å². The molecule has 0 spiro atoms. The lowest BCUT2D eigenvalue weighted by Crippen LogP contribution is -2.09. The number of Topliss-reactive ketones (excluding diaryl/α,β-unsaturated/α-hetero) is 1. The van der Waals surface area contributed by atoms with E-state index in [-0.39, 0.29) is 36.7 Å². The summed E-state index contributed by atoms with van der Waals surface area (Å²) in [6.45, 7) is 4.00. The van der Waals surface area contributed by atoms with Gasteiger partial charge in [0.15, 0.2) is 5.78 Å². The van der Waals surface area contributed by atoms with E-state index in [1.165, 1.54) is 6.07 Å². The maximum absolute atomic E-state index is 12.5. The Bertz CT molecular complexity index is 993. The van der Waals surface area contributed by atoms with E-state index >= 15 is 0 Å². The van der Waals surface area contributed by atoms with E-state index in [1.54, 1.807) is 6.92 Å². The molecule has 5 nitrogen and oxygen atoms in total. The molecule has 0 aliphatic heterocycles. The summed E-state index contributed by atoms with van der Waals surface area (Å²) in [6, 6.07) is 15.2. The quantitative estimate of drug-likeness (QED) is 0.517. The van der Waals surface area contributed by atoms with Crippen molar-refractivity contribution in [2.24, 2.45) is 0 Å². The minimum absolute atomic E-state index is 0.0219. The Hall–Kier alpha value is -3.21. The van der Waals surface area contributed by atoms with Crippen LogP contribution in [0.1, 0.15) is 35.8 Å². The van der Waals surface area contributed by atoms with Gasteiger partial charge in [-0.15, -0.1) is 0 Å². The summed E-state index contributed by atoms with van der Waals surface area (Å²) in [5.74, 6) is -1.01. The minimum Gasteiger partial charge on any atom is -0.506 e. The first kappa shape index (κ1) is 18.6. The molecule has 0 bridgehead atoms. The number of aromatic hydroxyl groups is 1. The summed E-state index contributed by atoms with van der Waals surface area (Å²) < 4.78 is 4.84. The summed E-state index contributed by atoms with van der Waals surface area (Å²) in [5.41, 5.74) is 3.63. The minimum atomic E-state index is -0.438. The molecule has 0 unspecified atom stereocenters. The number of benzene rings is 2. The summed E-state index contributed by atoms with van der Waals surface area (Å²) in [7, 11) is 0. The molecule has 0 saturated carbocycles. The van der Waals surface area contributed by atoms with Crippen molar-refractivity contribution in [2.75, 3.05) is 6.61 Å². The van der Waals surface area contributed by atoms with E-state index < -0.39 is 5.97 Å². The number of carbonyl (C=O) groups excluding carboxylic acids is 2. The molecule has 3 aromatic rings. The van der Waals surface area contributed by atoms with Crippen LogP contribution in [-0.2, 0) is 9.53 Å². The van der Waals surface area contributed by atoms with Crippen molar-refractivity contribution in [2.45, 2.75) is 26.7 Å². The van der Waals surface area contributed by atoms with E-state index in [1.807, 2.05) is 49.4 Å². The normalized spacial score (nSPS) is 10.7. The van der Waals surface area contributed by atoms with Crippen molar-refractivity contribution in [3.63, 3.8) is 0 Å². The number of para-hydroxylation sites is 1. The van der Waals surface area contributed by atoms with E-state index in [0.29, 0.717) is 5.52 Å². The Balaban J connectivity index is 1.99. The fourth-order valence-electron chi connectivity index (χ4n) is 2.93. The third kappa shape index (κ3) is 4.14. The Labute approximate surface area is 157 Å². The van der Waals surface area contributed by atoms with Gasteiger partial charge in [0.2, 0.25) is 0 Å². The van der Waals surface area contributed by atoms with Gasteiger partial charge in [-0.1, -0.05) is 48.0 Å². The molecule has 0 fully saturated rings. The first-order valence-electron chi connectivity index (χ1n) is 8.88. The molecule has 3 rings (SSSR count). The van der Waals surface area contributed by atoms with Gasteiger partial charge in [-0.25, -0.2) is 4.98 Å². The molecule has 0 aliphatic carbocycles. The van der Waals surface area contributed by atoms with Gasteiger partial charge in [0.25, 0.3) is 0 Å². The number of aryl methyl sites for hydroxylation is 1. The van der Waals surface area contributed by atoms with Gasteiger partial charge in [0, 0.05) is 17.4 Å². The summed E-state index contributed by atoms with van der Waals surface area (Å²) >= 11 is 0. The smallest absolute Gasteiger partial charge is 0.306 e. The van der Waals surface area contributed by atoms with Crippen LogP contribution in [0.5, 0.6) is 5.75 Å². The fourth-order valence-corrected chi connectivity index (χ4v) is 2.93. The maximum Gasteiger partial charge on any atom is 0.306 e. The molecule has 0 atom stereocenters. The van der Waals surface area contributed by atoms with Crippen LogP contribution in [0.2, 0.25) is 0 Å². The third-order valence-corrected chi connectivity index (χ3v) is 4.31. The van der Waals surface area contributed by atoms with Gasteiger partial charge in [0.1, 0.15) is 11.4 Å². The maximum atomic E-state index is 12.5. The molecular weight excluding hydrogens is 342 g/mol. The van der Waals surface area contributed by atoms with Gasteiger partial charge < -0.3 is 9.84 Å². The van der Waals surface area contributed by atoms with Crippen LogP contribution in [0.25, 0.3) is 22.0 Å². The number of ether oxygens (including phenoxy) is 1. The van der Waals surface area contributed by atoms with Crippen LogP contribution >= 0.6 is 0 Å². The summed E-state index contributed by atoms with van der Waals surface area (Å²) in [5, 5.41) is 11.0. The lowest BCUT2D eigenvalue weighted by Gasteiger charge is -2.10. The average molecular weight is 363 g/mol. The second kappa shape index (κ2) is 7.99. The molecule has 138 valence electrons. The third-order valence-electron chi connectivity index (χ3n) is 4.31. The molecule has 1 N–H and O–H groups in total. The Morgan fingerprint density at radius 2 is 1.81 bits per heavy atom. The van der Waals surface area contributed by atoms with Gasteiger partial charge in [-0.3, -0.25) is 9.59 Å². The van der Waals surface area contributed by atoms with Gasteiger partial charge in [-0.2, -0.15) is 0 Å². The number of hydrogen-bond acceptors (Lipinski definition) is 5. The highest BCUT2D eigenvalue weighted by molar-refractivity contribution is 6.02. The second-order valence-electron chi connectivity index (χ2n) is 6.33. The zero-order valence-corrected chi connectivity index (χ0v) is 15.4. The van der Waals surface area contributed by atoms with Crippen molar-refractivity contribution in [3.05, 3.63) is 59.8 Å². The van der Waals surface area contributed by atoms with E-state index in [9.17, 15) is 14.7 Å². The average Bonchev–Trinajstić information content (AvgIpc) is 2.66. The predicted octanol–water partition coefficient (Wildman–Crippen LogP) is 4.44. The number of rotatable bonds is 6. The largest absolute Gasteiger partial charge is 0.506 e. The lowest BCUT2D eigenvalue weighted by atomic mass is 10.00. The molecule has 1 aromatic heterocycles. The van der Waals surface area contributed by atoms with E-state index in [2.05, 4.69) is 4.98 Å². The Morgan fingerprint density at radius 1 is 1.07 bits per heavy atom. The van der Waals surface area contributed by atoms with Gasteiger partial charge in [-0.05, 0) is 25.5 Å². The summed E-state index contributed by atoms with van der Waals surface area (Å²) in [4.78, 5) is 28.4. The zero-order valence-electron chi connectivity index (χ0n) is 15.4. The Kier molecular flexibility index (Phi) is 5.50. The number of aromatic nitrogens is 1. The number of ketones is 1. The van der Waals surface area contributed by atoms with Crippen LogP contribution in [0.15, 0.2) is 48.5 Å². The topological polar surface area (TPSA) is 76.5 Å². The Morgan fingerprint density at radius 3 is 2.52 bits per heavy atom. The molecule has 2 aromatic carbocycles. The molecule has 0 aliphatic rings. The highest BCUT2D eigenvalue weighted by atomic mass is 16.5.